The van der Waals surface area contributed by atoms with Crippen molar-refractivity contribution in [3.63, 3.8) is 0 Å². The van der Waals surface area contributed by atoms with Gasteiger partial charge in [-0.25, -0.2) is 9.50 Å². The Morgan fingerprint density at radius 3 is 2.74 bits per heavy atom. The molecule has 0 aliphatic carbocycles. The van der Waals surface area contributed by atoms with E-state index in [2.05, 4.69) is 22.0 Å². The van der Waals surface area contributed by atoms with Gasteiger partial charge in [0.25, 0.3) is 5.91 Å². The van der Waals surface area contributed by atoms with Gasteiger partial charge in [0.15, 0.2) is 5.65 Å². The van der Waals surface area contributed by atoms with Gasteiger partial charge in [-0.3, -0.25) is 4.79 Å². The first-order valence-corrected chi connectivity index (χ1v) is 6.44. The Labute approximate surface area is 111 Å². The zero-order valence-electron chi connectivity index (χ0n) is 11.2. The quantitative estimate of drug-likeness (QED) is 0.745. The van der Waals surface area contributed by atoms with E-state index in [1.165, 1.54) is 0 Å². The third-order valence-electron chi connectivity index (χ3n) is 3.49. The molecule has 1 amide bonds. The van der Waals surface area contributed by atoms with Crippen molar-refractivity contribution < 1.29 is 4.79 Å². The third kappa shape index (κ3) is 2.19. The normalized spacial score (nSPS) is 17.1. The van der Waals surface area contributed by atoms with Crippen LogP contribution in [0.15, 0.2) is 18.3 Å². The van der Waals surface area contributed by atoms with E-state index < -0.39 is 0 Å². The van der Waals surface area contributed by atoms with Crippen molar-refractivity contribution in [1.29, 1.82) is 0 Å². The van der Waals surface area contributed by atoms with Crippen LogP contribution in [0.3, 0.4) is 0 Å². The van der Waals surface area contributed by atoms with Crippen LogP contribution in [0.5, 0.6) is 0 Å². The second-order valence-corrected chi connectivity index (χ2v) is 4.98. The number of fused-ring (bicyclic) bond motifs is 1. The van der Waals surface area contributed by atoms with Gasteiger partial charge in [-0.05, 0) is 20.0 Å². The molecule has 1 aliphatic rings. The van der Waals surface area contributed by atoms with Crippen molar-refractivity contribution in [2.45, 2.75) is 6.92 Å². The van der Waals surface area contributed by atoms with Gasteiger partial charge in [-0.2, -0.15) is 5.10 Å². The van der Waals surface area contributed by atoms with Crippen molar-refractivity contribution in [2.24, 2.45) is 0 Å². The van der Waals surface area contributed by atoms with Crippen LogP contribution in [0.4, 0.5) is 0 Å². The minimum absolute atomic E-state index is 0.0311. The minimum atomic E-state index is 0.0311. The summed E-state index contributed by atoms with van der Waals surface area (Å²) >= 11 is 0. The summed E-state index contributed by atoms with van der Waals surface area (Å²) < 4.78 is 1.63. The van der Waals surface area contributed by atoms with Crippen LogP contribution < -0.4 is 0 Å². The lowest BCUT2D eigenvalue weighted by atomic mass is 10.3. The van der Waals surface area contributed by atoms with E-state index in [0.717, 1.165) is 37.5 Å². The van der Waals surface area contributed by atoms with Crippen LogP contribution in [0.25, 0.3) is 5.65 Å². The highest BCUT2D eigenvalue weighted by Gasteiger charge is 2.22. The molecule has 1 aliphatic heterocycles. The number of aromatic nitrogens is 3. The molecule has 0 aromatic carbocycles. The Kier molecular flexibility index (Phi) is 2.94. The van der Waals surface area contributed by atoms with Crippen LogP contribution in [0.1, 0.15) is 16.2 Å². The lowest BCUT2D eigenvalue weighted by Gasteiger charge is -2.32. The summed E-state index contributed by atoms with van der Waals surface area (Å²) in [5, 5.41) is 4.34. The Morgan fingerprint density at radius 2 is 2.00 bits per heavy atom. The fourth-order valence-corrected chi connectivity index (χ4v) is 2.34. The molecule has 0 bridgehead atoms. The molecule has 0 atom stereocenters. The van der Waals surface area contributed by atoms with Gasteiger partial charge in [0.1, 0.15) is 5.69 Å². The first-order valence-electron chi connectivity index (χ1n) is 6.44. The number of carbonyl (C=O) groups excluding carboxylic acids is 1. The van der Waals surface area contributed by atoms with E-state index in [9.17, 15) is 4.79 Å². The van der Waals surface area contributed by atoms with Crippen molar-refractivity contribution >= 4 is 11.6 Å². The molecule has 2 aromatic heterocycles. The first kappa shape index (κ1) is 12.1. The molecule has 6 nitrogen and oxygen atoms in total. The topological polar surface area (TPSA) is 53.7 Å². The van der Waals surface area contributed by atoms with Crippen molar-refractivity contribution in [2.75, 3.05) is 33.2 Å². The molecule has 2 aromatic rings. The monoisotopic (exact) mass is 259 g/mol. The zero-order chi connectivity index (χ0) is 13.4. The summed E-state index contributed by atoms with van der Waals surface area (Å²) in [5.41, 5.74) is 2.17. The lowest BCUT2D eigenvalue weighted by Crippen LogP contribution is -2.47. The van der Waals surface area contributed by atoms with Crippen LogP contribution in [0.2, 0.25) is 0 Å². The SMILES string of the molecule is Cc1cc2nccc(C(=O)N3CCN(C)CC3)n2n1. The molecule has 100 valence electrons. The molecule has 0 unspecified atom stereocenters. The standard InChI is InChI=1S/C13H17N5O/c1-10-9-12-14-4-3-11(18(12)15-10)13(19)17-7-5-16(2)6-8-17/h3-4,9H,5-8H2,1-2H3. The molecule has 19 heavy (non-hydrogen) atoms. The summed E-state index contributed by atoms with van der Waals surface area (Å²) in [7, 11) is 2.07. The third-order valence-corrected chi connectivity index (χ3v) is 3.49. The highest BCUT2D eigenvalue weighted by Crippen LogP contribution is 2.10. The van der Waals surface area contributed by atoms with Gasteiger partial charge in [0.05, 0.1) is 5.69 Å². The van der Waals surface area contributed by atoms with E-state index in [1.807, 2.05) is 17.9 Å². The van der Waals surface area contributed by atoms with Crippen LogP contribution in [0, 0.1) is 6.92 Å². The average Bonchev–Trinajstić information content (AvgIpc) is 2.78. The number of rotatable bonds is 1. The highest BCUT2D eigenvalue weighted by atomic mass is 16.2. The number of hydrogen-bond acceptors (Lipinski definition) is 4. The number of aryl methyl sites for hydroxylation is 1. The Hall–Kier alpha value is -1.95. The van der Waals surface area contributed by atoms with Crippen molar-refractivity contribution in [3.05, 3.63) is 29.7 Å². The number of amides is 1. The van der Waals surface area contributed by atoms with Gasteiger partial charge in [-0.15, -0.1) is 0 Å². The molecule has 0 spiro atoms. The summed E-state index contributed by atoms with van der Waals surface area (Å²) in [6.45, 7) is 5.26. The molecule has 3 rings (SSSR count). The lowest BCUT2D eigenvalue weighted by molar-refractivity contribution is 0.0655. The Bertz CT molecular complexity index is 613. The summed E-state index contributed by atoms with van der Waals surface area (Å²) in [6, 6.07) is 3.61. The smallest absolute Gasteiger partial charge is 0.272 e. The largest absolute Gasteiger partial charge is 0.335 e. The van der Waals surface area contributed by atoms with Gasteiger partial charge in [0.2, 0.25) is 0 Å². The molecule has 0 radical (unpaired) electrons. The van der Waals surface area contributed by atoms with E-state index in [0.29, 0.717) is 5.69 Å². The van der Waals surface area contributed by atoms with E-state index in [-0.39, 0.29) is 5.91 Å². The minimum Gasteiger partial charge on any atom is -0.335 e. The number of piperazine rings is 1. The van der Waals surface area contributed by atoms with Crippen LogP contribution >= 0.6 is 0 Å². The van der Waals surface area contributed by atoms with Gasteiger partial charge in [-0.1, -0.05) is 0 Å². The van der Waals surface area contributed by atoms with Crippen molar-refractivity contribution in [3.8, 4) is 0 Å². The van der Waals surface area contributed by atoms with Gasteiger partial charge >= 0.3 is 0 Å². The number of likely N-dealkylation sites (N-methyl/N-ethyl adjacent to an activating group) is 1. The molecule has 3 heterocycles. The maximum absolute atomic E-state index is 12.5. The predicted octanol–water partition coefficient (Wildman–Crippen LogP) is 0.425. The molecule has 0 N–H and O–H groups in total. The fraction of sp³-hybridized carbons (Fsp3) is 0.462. The average molecular weight is 259 g/mol. The van der Waals surface area contributed by atoms with Crippen LogP contribution in [-0.4, -0.2) is 63.5 Å². The number of carbonyl (C=O) groups is 1. The summed E-state index contributed by atoms with van der Waals surface area (Å²) in [6.07, 6.45) is 1.67. The summed E-state index contributed by atoms with van der Waals surface area (Å²) in [5.74, 6) is 0.0311. The number of nitrogens with zero attached hydrogens (tertiary/aromatic N) is 5. The highest BCUT2D eigenvalue weighted by molar-refractivity contribution is 5.93. The predicted molar refractivity (Wildman–Crippen MR) is 71.1 cm³/mol. The molecular formula is C13H17N5O. The first-order chi connectivity index (χ1) is 9.15. The van der Waals surface area contributed by atoms with E-state index in [4.69, 9.17) is 0 Å². The van der Waals surface area contributed by atoms with Gasteiger partial charge in [0, 0.05) is 38.4 Å². The molecule has 1 saturated heterocycles. The maximum atomic E-state index is 12.5. The second-order valence-electron chi connectivity index (χ2n) is 4.98. The summed E-state index contributed by atoms with van der Waals surface area (Å²) in [4.78, 5) is 20.9. The molecule has 6 heteroatoms. The van der Waals surface area contributed by atoms with Crippen molar-refractivity contribution in [1.82, 2.24) is 24.4 Å². The van der Waals surface area contributed by atoms with Gasteiger partial charge < -0.3 is 9.80 Å². The Morgan fingerprint density at radius 1 is 1.26 bits per heavy atom. The zero-order valence-corrected chi connectivity index (χ0v) is 11.2. The Balaban J connectivity index is 1.93. The maximum Gasteiger partial charge on any atom is 0.272 e. The molecule has 0 saturated carbocycles. The molecular weight excluding hydrogens is 242 g/mol. The second kappa shape index (κ2) is 4.62. The molecule has 1 fully saturated rings. The van der Waals surface area contributed by atoms with E-state index >= 15 is 0 Å². The number of hydrogen-bond donors (Lipinski definition) is 0. The van der Waals surface area contributed by atoms with E-state index in [1.54, 1.807) is 16.8 Å². The van der Waals surface area contributed by atoms with Crippen LogP contribution in [-0.2, 0) is 0 Å². The fourth-order valence-electron chi connectivity index (χ4n) is 2.34.